The molecular weight excluding hydrogens is 280 g/mol. The molecule has 112 valence electrons. The van der Waals surface area contributed by atoms with Gasteiger partial charge in [0.2, 0.25) is 0 Å². The van der Waals surface area contributed by atoms with E-state index in [0.29, 0.717) is 31.4 Å². The maximum atomic E-state index is 12.7. The molecule has 20 heavy (non-hydrogen) atoms. The van der Waals surface area contributed by atoms with E-state index in [-0.39, 0.29) is 17.5 Å². The average molecular weight is 300 g/mol. The van der Waals surface area contributed by atoms with Crippen LogP contribution in [0, 0.1) is 5.92 Å². The first-order valence-electron chi connectivity index (χ1n) is 7.11. The van der Waals surface area contributed by atoms with Gasteiger partial charge in [0.05, 0.1) is 18.1 Å². The molecule has 3 fully saturated rings. The minimum atomic E-state index is -0.893. The van der Waals surface area contributed by atoms with Crippen molar-refractivity contribution in [1.29, 1.82) is 0 Å². The van der Waals surface area contributed by atoms with Crippen LogP contribution < -0.4 is 0 Å². The Labute approximate surface area is 122 Å². The predicted octanol–water partition coefficient (Wildman–Crippen LogP) is 1.07. The Kier molecular flexibility index (Phi) is 3.81. The molecule has 3 unspecified atom stereocenters. The van der Waals surface area contributed by atoms with E-state index in [4.69, 9.17) is 4.74 Å². The first-order chi connectivity index (χ1) is 9.58. The van der Waals surface area contributed by atoms with Gasteiger partial charge in [0.15, 0.2) is 0 Å². The Morgan fingerprint density at radius 3 is 2.70 bits per heavy atom. The summed E-state index contributed by atoms with van der Waals surface area (Å²) in [4.78, 5) is 27.5. The highest BCUT2D eigenvalue weighted by Gasteiger charge is 2.49. The zero-order valence-electron chi connectivity index (χ0n) is 11.5. The van der Waals surface area contributed by atoms with Gasteiger partial charge in [-0.05, 0) is 25.7 Å². The third kappa shape index (κ3) is 2.61. The van der Waals surface area contributed by atoms with Crippen LogP contribution in [0.2, 0.25) is 0 Å². The molecule has 2 aliphatic heterocycles. The highest BCUT2D eigenvalue weighted by atomic mass is 32.2. The van der Waals surface area contributed by atoms with Crippen LogP contribution in [0.25, 0.3) is 0 Å². The number of nitrogens with zero attached hydrogens (tertiary/aromatic N) is 2. The van der Waals surface area contributed by atoms with E-state index in [0.717, 1.165) is 12.8 Å². The number of carbonyl (C=O) groups excluding carboxylic acids is 1. The molecule has 2 saturated heterocycles. The van der Waals surface area contributed by atoms with Crippen LogP contribution in [0.5, 0.6) is 0 Å². The molecule has 3 aliphatic rings. The summed E-state index contributed by atoms with van der Waals surface area (Å²) < 4.78 is 5.45. The summed E-state index contributed by atoms with van der Waals surface area (Å²) in [5.41, 5.74) is 0. The Morgan fingerprint density at radius 2 is 2.10 bits per heavy atom. The van der Waals surface area contributed by atoms with E-state index >= 15 is 0 Å². The standard InChI is InChI=1S/C13H20N2O4S/c1-8-6-14(4-5-19-8)13(18)15-10(12(16)17)7-20-11(15)9-2-3-9/h8-11H,2-7H2,1H3,(H,16,17). The van der Waals surface area contributed by atoms with Crippen molar-refractivity contribution in [3.63, 3.8) is 0 Å². The smallest absolute Gasteiger partial charge is 0.327 e. The molecule has 0 bridgehead atoms. The van der Waals surface area contributed by atoms with Crippen LogP contribution in [0.15, 0.2) is 0 Å². The van der Waals surface area contributed by atoms with Crippen LogP contribution in [0.1, 0.15) is 19.8 Å². The van der Waals surface area contributed by atoms with Gasteiger partial charge in [-0.2, -0.15) is 0 Å². The van der Waals surface area contributed by atoms with Crippen LogP contribution in [0.3, 0.4) is 0 Å². The molecule has 0 radical (unpaired) electrons. The number of carboxylic acids is 1. The maximum absolute atomic E-state index is 12.7. The second-order valence-corrected chi connectivity index (χ2v) is 6.88. The molecule has 7 heteroatoms. The Morgan fingerprint density at radius 1 is 1.35 bits per heavy atom. The van der Waals surface area contributed by atoms with Crippen molar-refractivity contribution in [2.45, 2.75) is 37.3 Å². The molecule has 1 aliphatic carbocycles. The minimum absolute atomic E-state index is 0.0191. The number of morpholine rings is 1. The van der Waals surface area contributed by atoms with Gasteiger partial charge in [-0.3, -0.25) is 4.90 Å². The van der Waals surface area contributed by atoms with Gasteiger partial charge in [-0.15, -0.1) is 11.8 Å². The summed E-state index contributed by atoms with van der Waals surface area (Å²) in [5.74, 6) is 0.0874. The zero-order valence-corrected chi connectivity index (χ0v) is 12.3. The molecule has 6 nitrogen and oxygen atoms in total. The molecule has 2 heterocycles. The summed E-state index contributed by atoms with van der Waals surface area (Å²) in [5, 5.41) is 9.40. The maximum Gasteiger partial charge on any atom is 0.327 e. The Bertz CT molecular complexity index is 415. The van der Waals surface area contributed by atoms with E-state index < -0.39 is 12.0 Å². The molecular formula is C13H20N2O4S. The van der Waals surface area contributed by atoms with Gasteiger partial charge in [-0.25, -0.2) is 9.59 Å². The van der Waals surface area contributed by atoms with Crippen molar-refractivity contribution < 1.29 is 19.4 Å². The highest BCUT2D eigenvalue weighted by molar-refractivity contribution is 8.00. The van der Waals surface area contributed by atoms with E-state index in [1.165, 1.54) is 0 Å². The lowest BCUT2D eigenvalue weighted by atomic mass is 10.2. The van der Waals surface area contributed by atoms with Crippen molar-refractivity contribution in [3.8, 4) is 0 Å². The number of urea groups is 1. The number of thioether (sulfide) groups is 1. The fraction of sp³-hybridized carbons (Fsp3) is 0.846. The van der Waals surface area contributed by atoms with E-state index in [1.54, 1.807) is 21.6 Å². The van der Waals surface area contributed by atoms with Crippen molar-refractivity contribution in [2.75, 3.05) is 25.4 Å². The summed E-state index contributed by atoms with van der Waals surface area (Å²) in [7, 11) is 0. The number of carboxylic acid groups (broad SMARTS) is 1. The number of aliphatic carboxylic acids is 1. The minimum Gasteiger partial charge on any atom is -0.480 e. The largest absolute Gasteiger partial charge is 0.480 e. The van der Waals surface area contributed by atoms with Gasteiger partial charge < -0.3 is 14.7 Å². The molecule has 0 aromatic heterocycles. The van der Waals surface area contributed by atoms with E-state index in [2.05, 4.69) is 0 Å². The normalized spacial score (nSPS) is 34.4. The number of rotatable bonds is 2. The topological polar surface area (TPSA) is 70.1 Å². The van der Waals surface area contributed by atoms with Crippen LogP contribution >= 0.6 is 11.8 Å². The van der Waals surface area contributed by atoms with E-state index in [9.17, 15) is 14.7 Å². The second kappa shape index (κ2) is 5.44. The fourth-order valence-corrected chi connectivity index (χ4v) is 4.48. The molecule has 1 saturated carbocycles. The summed E-state index contributed by atoms with van der Waals surface area (Å²) in [6, 6.07) is -0.814. The molecule has 2 amide bonds. The number of hydrogen-bond donors (Lipinski definition) is 1. The molecule has 3 rings (SSSR count). The third-order valence-electron chi connectivity index (χ3n) is 4.08. The van der Waals surface area contributed by atoms with Gasteiger partial charge in [0, 0.05) is 18.8 Å². The van der Waals surface area contributed by atoms with E-state index in [1.807, 2.05) is 6.92 Å². The SMILES string of the molecule is CC1CN(C(=O)N2C(C(=O)O)CSC2C2CC2)CCO1. The summed E-state index contributed by atoms with van der Waals surface area (Å²) in [6.45, 7) is 3.56. The lowest BCUT2D eigenvalue weighted by Crippen LogP contribution is -2.55. The third-order valence-corrected chi connectivity index (χ3v) is 5.54. The number of ether oxygens (including phenoxy) is 1. The number of hydrogen-bond acceptors (Lipinski definition) is 4. The fourth-order valence-electron chi connectivity index (χ4n) is 2.86. The predicted molar refractivity (Wildman–Crippen MR) is 74.6 cm³/mol. The summed E-state index contributed by atoms with van der Waals surface area (Å²) >= 11 is 1.62. The van der Waals surface area contributed by atoms with Crippen molar-refractivity contribution in [1.82, 2.24) is 9.80 Å². The Hall–Kier alpha value is -0.950. The van der Waals surface area contributed by atoms with Gasteiger partial charge >= 0.3 is 12.0 Å². The lowest BCUT2D eigenvalue weighted by molar-refractivity contribution is -0.141. The first kappa shape index (κ1) is 14.0. The number of carbonyl (C=O) groups is 2. The zero-order chi connectivity index (χ0) is 14.3. The molecule has 0 aromatic carbocycles. The van der Waals surface area contributed by atoms with Crippen molar-refractivity contribution in [2.24, 2.45) is 5.92 Å². The van der Waals surface area contributed by atoms with Crippen LogP contribution in [0.4, 0.5) is 4.79 Å². The second-order valence-electron chi connectivity index (χ2n) is 5.73. The molecule has 1 N–H and O–H groups in total. The lowest BCUT2D eigenvalue weighted by Gasteiger charge is -2.37. The summed E-state index contributed by atoms with van der Waals surface area (Å²) in [6.07, 6.45) is 2.23. The number of amides is 2. The molecule has 0 spiro atoms. The molecule has 3 atom stereocenters. The first-order valence-corrected chi connectivity index (χ1v) is 8.16. The quantitative estimate of drug-likeness (QED) is 0.826. The van der Waals surface area contributed by atoms with Crippen molar-refractivity contribution in [3.05, 3.63) is 0 Å². The van der Waals surface area contributed by atoms with Crippen molar-refractivity contribution >= 4 is 23.8 Å². The van der Waals surface area contributed by atoms with Crippen LogP contribution in [-0.2, 0) is 9.53 Å². The highest BCUT2D eigenvalue weighted by Crippen LogP contribution is 2.45. The Balaban J connectivity index is 1.76. The van der Waals surface area contributed by atoms with Gasteiger partial charge in [0.25, 0.3) is 0 Å². The van der Waals surface area contributed by atoms with Crippen LogP contribution in [-0.4, -0.2) is 69.9 Å². The molecule has 0 aromatic rings. The van der Waals surface area contributed by atoms with Gasteiger partial charge in [-0.1, -0.05) is 0 Å². The average Bonchev–Trinajstić information content (AvgIpc) is 3.16. The monoisotopic (exact) mass is 300 g/mol. The van der Waals surface area contributed by atoms with Gasteiger partial charge in [0.1, 0.15) is 6.04 Å².